The molecule has 1 N–H and O–H groups in total. The van der Waals surface area contributed by atoms with Gasteiger partial charge in [0, 0.05) is 37.2 Å². The summed E-state index contributed by atoms with van der Waals surface area (Å²) in [5, 5.41) is 4.25. The molecule has 0 amide bonds. The van der Waals surface area contributed by atoms with Crippen molar-refractivity contribution in [2.45, 2.75) is 19.4 Å². The van der Waals surface area contributed by atoms with Crippen molar-refractivity contribution in [1.82, 2.24) is 10.2 Å². The number of rotatable bonds is 3. The Balaban J connectivity index is 1.86. The molecule has 2 rings (SSSR count). The Morgan fingerprint density at radius 3 is 3.12 bits per heavy atom. The van der Waals surface area contributed by atoms with Crippen LogP contribution in [-0.2, 0) is 6.42 Å². The van der Waals surface area contributed by atoms with Crippen molar-refractivity contribution >= 4 is 11.6 Å². The molecule has 88 valence electrons. The first-order valence-corrected chi connectivity index (χ1v) is 6.33. The van der Waals surface area contributed by atoms with Crippen LogP contribution in [0, 0.1) is 0 Å². The van der Waals surface area contributed by atoms with Crippen LogP contribution in [-0.4, -0.2) is 37.1 Å². The van der Waals surface area contributed by atoms with Gasteiger partial charge in [-0.2, -0.15) is 0 Å². The zero-order valence-corrected chi connectivity index (χ0v) is 10.5. The fraction of sp³-hybridized carbons (Fsp3) is 0.538. The van der Waals surface area contributed by atoms with Gasteiger partial charge in [0.15, 0.2) is 0 Å². The Morgan fingerprint density at radius 1 is 1.50 bits per heavy atom. The Morgan fingerprint density at radius 2 is 2.38 bits per heavy atom. The third kappa shape index (κ3) is 3.21. The van der Waals surface area contributed by atoms with Gasteiger partial charge in [-0.1, -0.05) is 23.7 Å². The minimum atomic E-state index is 0.646. The van der Waals surface area contributed by atoms with Crippen molar-refractivity contribution in [2.75, 3.05) is 26.2 Å². The van der Waals surface area contributed by atoms with Crippen molar-refractivity contribution in [2.24, 2.45) is 0 Å². The number of nitrogens with one attached hydrogen (secondary N) is 1. The van der Waals surface area contributed by atoms with Crippen LogP contribution in [0.15, 0.2) is 24.3 Å². The highest BCUT2D eigenvalue weighted by molar-refractivity contribution is 6.30. The number of piperazine rings is 1. The molecule has 1 aromatic rings. The van der Waals surface area contributed by atoms with Crippen LogP contribution < -0.4 is 5.32 Å². The third-order valence-corrected chi connectivity index (χ3v) is 3.45. The lowest BCUT2D eigenvalue weighted by atomic mass is 10.1. The van der Waals surface area contributed by atoms with Crippen LogP contribution in [0.3, 0.4) is 0 Å². The maximum Gasteiger partial charge on any atom is 0.0408 e. The summed E-state index contributed by atoms with van der Waals surface area (Å²) in [6.45, 7) is 6.78. The molecule has 0 spiro atoms. The molecule has 0 bridgehead atoms. The van der Waals surface area contributed by atoms with E-state index in [1.54, 1.807) is 0 Å². The van der Waals surface area contributed by atoms with Crippen LogP contribution in [0.4, 0.5) is 0 Å². The lowest BCUT2D eigenvalue weighted by molar-refractivity contribution is 0.176. The van der Waals surface area contributed by atoms with E-state index in [-0.39, 0.29) is 0 Å². The summed E-state index contributed by atoms with van der Waals surface area (Å²) in [5.41, 5.74) is 1.33. The summed E-state index contributed by atoms with van der Waals surface area (Å²) in [6, 6.07) is 8.82. The largest absolute Gasteiger partial charge is 0.314 e. The summed E-state index contributed by atoms with van der Waals surface area (Å²) in [4.78, 5) is 2.54. The monoisotopic (exact) mass is 238 g/mol. The Hall–Kier alpha value is -0.570. The molecule has 1 aromatic carbocycles. The highest BCUT2D eigenvalue weighted by Crippen LogP contribution is 2.12. The summed E-state index contributed by atoms with van der Waals surface area (Å²) >= 11 is 5.97. The molecule has 0 saturated carbocycles. The van der Waals surface area contributed by atoms with E-state index in [2.05, 4.69) is 29.3 Å². The summed E-state index contributed by atoms with van der Waals surface area (Å²) in [7, 11) is 0. The molecule has 1 aliphatic heterocycles. The number of halogens is 1. The first kappa shape index (κ1) is 11.9. The van der Waals surface area contributed by atoms with E-state index in [1.807, 2.05) is 12.1 Å². The van der Waals surface area contributed by atoms with Crippen LogP contribution in [0.2, 0.25) is 5.02 Å². The summed E-state index contributed by atoms with van der Waals surface area (Å²) in [5.74, 6) is 0. The molecule has 3 heteroatoms. The average Bonchev–Trinajstić information content (AvgIpc) is 2.28. The first-order valence-electron chi connectivity index (χ1n) is 5.95. The zero-order chi connectivity index (χ0) is 11.4. The van der Waals surface area contributed by atoms with Gasteiger partial charge >= 0.3 is 0 Å². The SMILES string of the molecule is CC1CNCCN1CCc1cccc(Cl)c1. The fourth-order valence-corrected chi connectivity index (χ4v) is 2.39. The van der Waals surface area contributed by atoms with Gasteiger partial charge in [-0.15, -0.1) is 0 Å². The molecule has 1 fully saturated rings. The smallest absolute Gasteiger partial charge is 0.0408 e. The Bertz CT molecular complexity index is 340. The van der Waals surface area contributed by atoms with Crippen molar-refractivity contribution in [3.05, 3.63) is 34.9 Å². The molecule has 16 heavy (non-hydrogen) atoms. The second-order valence-electron chi connectivity index (χ2n) is 4.47. The zero-order valence-electron chi connectivity index (χ0n) is 9.75. The predicted octanol–water partition coefficient (Wildman–Crippen LogP) is 2.18. The molecule has 1 unspecified atom stereocenters. The predicted molar refractivity (Wildman–Crippen MR) is 69.1 cm³/mol. The highest BCUT2D eigenvalue weighted by atomic mass is 35.5. The van der Waals surface area contributed by atoms with Gasteiger partial charge in [0.2, 0.25) is 0 Å². The molecule has 2 nitrogen and oxygen atoms in total. The topological polar surface area (TPSA) is 15.3 Å². The maximum absolute atomic E-state index is 5.97. The van der Waals surface area contributed by atoms with Gasteiger partial charge in [-0.25, -0.2) is 0 Å². The molecule has 0 aliphatic carbocycles. The van der Waals surface area contributed by atoms with Crippen molar-refractivity contribution in [3.63, 3.8) is 0 Å². The van der Waals surface area contributed by atoms with Crippen molar-refractivity contribution in [1.29, 1.82) is 0 Å². The standard InChI is InChI=1S/C13H19ClN2/c1-11-10-15-6-8-16(11)7-5-12-3-2-4-13(14)9-12/h2-4,9,11,15H,5-8,10H2,1H3. The molecule has 1 heterocycles. The van der Waals surface area contributed by atoms with Crippen LogP contribution >= 0.6 is 11.6 Å². The fourth-order valence-electron chi connectivity index (χ4n) is 2.18. The minimum absolute atomic E-state index is 0.646. The minimum Gasteiger partial charge on any atom is -0.314 e. The van der Waals surface area contributed by atoms with E-state index in [0.29, 0.717) is 6.04 Å². The van der Waals surface area contributed by atoms with Gasteiger partial charge in [-0.3, -0.25) is 4.90 Å². The first-order chi connectivity index (χ1) is 7.75. The molecular weight excluding hydrogens is 220 g/mol. The Labute approximate surface area is 103 Å². The summed E-state index contributed by atoms with van der Waals surface area (Å²) in [6.07, 6.45) is 1.09. The Kier molecular flexibility index (Phi) is 4.22. The van der Waals surface area contributed by atoms with Crippen molar-refractivity contribution in [3.8, 4) is 0 Å². The van der Waals surface area contributed by atoms with E-state index in [1.165, 1.54) is 5.56 Å². The molecule has 0 radical (unpaired) electrons. The highest BCUT2D eigenvalue weighted by Gasteiger charge is 2.16. The number of benzene rings is 1. The van der Waals surface area contributed by atoms with Gasteiger partial charge in [-0.05, 0) is 31.0 Å². The normalized spacial score (nSPS) is 22.2. The van der Waals surface area contributed by atoms with E-state index in [9.17, 15) is 0 Å². The van der Waals surface area contributed by atoms with Gasteiger partial charge in [0.25, 0.3) is 0 Å². The van der Waals surface area contributed by atoms with E-state index in [0.717, 1.165) is 37.6 Å². The van der Waals surface area contributed by atoms with Crippen LogP contribution in [0.5, 0.6) is 0 Å². The molecule has 1 atom stereocenters. The van der Waals surface area contributed by atoms with Crippen molar-refractivity contribution < 1.29 is 0 Å². The van der Waals surface area contributed by atoms with Crippen LogP contribution in [0.25, 0.3) is 0 Å². The van der Waals surface area contributed by atoms with Crippen LogP contribution in [0.1, 0.15) is 12.5 Å². The molecule has 0 aromatic heterocycles. The number of hydrogen-bond donors (Lipinski definition) is 1. The number of hydrogen-bond acceptors (Lipinski definition) is 2. The average molecular weight is 239 g/mol. The third-order valence-electron chi connectivity index (χ3n) is 3.22. The maximum atomic E-state index is 5.97. The second kappa shape index (κ2) is 5.67. The van der Waals surface area contributed by atoms with Gasteiger partial charge in [0.05, 0.1) is 0 Å². The quantitative estimate of drug-likeness (QED) is 0.869. The van der Waals surface area contributed by atoms with Gasteiger partial charge in [0.1, 0.15) is 0 Å². The number of nitrogens with zero attached hydrogens (tertiary/aromatic N) is 1. The summed E-state index contributed by atoms with van der Waals surface area (Å²) < 4.78 is 0. The van der Waals surface area contributed by atoms with Gasteiger partial charge < -0.3 is 5.32 Å². The van der Waals surface area contributed by atoms with E-state index >= 15 is 0 Å². The molecule has 1 saturated heterocycles. The lowest BCUT2D eigenvalue weighted by Crippen LogP contribution is -2.50. The van der Waals surface area contributed by atoms with E-state index in [4.69, 9.17) is 11.6 Å². The molecular formula is C13H19ClN2. The molecule has 1 aliphatic rings. The van der Waals surface area contributed by atoms with E-state index < -0.39 is 0 Å². The second-order valence-corrected chi connectivity index (χ2v) is 4.91. The lowest BCUT2D eigenvalue weighted by Gasteiger charge is -2.33.